The van der Waals surface area contributed by atoms with Gasteiger partial charge in [0, 0.05) is 11.1 Å². The molecule has 0 aliphatic carbocycles. The zero-order valence-electron chi connectivity index (χ0n) is 14.0. The fourth-order valence-corrected chi connectivity index (χ4v) is 2.92. The minimum absolute atomic E-state index is 0.158. The van der Waals surface area contributed by atoms with Crippen LogP contribution in [0.25, 0.3) is 0 Å². The number of halogens is 4. The third-order valence-corrected chi connectivity index (χ3v) is 4.26. The van der Waals surface area contributed by atoms with Gasteiger partial charge in [0.05, 0.1) is 6.54 Å². The number of nitrogens with one attached hydrogen (secondary N) is 1. The van der Waals surface area contributed by atoms with E-state index in [-0.39, 0.29) is 23.4 Å². The first-order chi connectivity index (χ1) is 12.7. The van der Waals surface area contributed by atoms with Crippen LogP contribution in [0.15, 0.2) is 42.5 Å². The maximum absolute atomic E-state index is 14.1. The molecule has 2 aromatic rings. The van der Waals surface area contributed by atoms with Gasteiger partial charge in [-0.05, 0) is 31.2 Å². The summed E-state index contributed by atoms with van der Waals surface area (Å²) in [6, 6.07) is 7.37. The molecule has 1 saturated heterocycles. The molecule has 3 rings (SSSR count). The molecule has 0 saturated carbocycles. The minimum atomic E-state index is -3.08. The summed E-state index contributed by atoms with van der Waals surface area (Å²) < 4.78 is 57.1. The number of urea groups is 1. The number of carbonyl (C=O) groups excluding carboxylic acids is 2. The Morgan fingerprint density at radius 1 is 1.15 bits per heavy atom. The van der Waals surface area contributed by atoms with Crippen LogP contribution in [0, 0.1) is 11.6 Å². The second kappa shape index (κ2) is 6.90. The van der Waals surface area contributed by atoms with Gasteiger partial charge in [-0.2, -0.15) is 8.78 Å². The largest absolute Gasteiger partial charge is 0.434 e. The van der Waals surface area contributed by atoms with Crippen molar-refractivity contribution in [3.63, 3.8) is 0 Å². The Hall–Kier alpha value is -3.10. The van der Waals surface area contributed by atoms with E-state index in [1.807, 2.05) is 0 Å². The molecule has 1 unspecified atom stereocenters. The molecule has 142 valence electrons. The van der Waals surface area contributed by atoms with Crippen molar-refractivity contribution in [3.05, 3.63) is 65.2 Å². The molecular formula is C18H14F4N2O3. The number of nitrogens with zero attached hydrogens (tertiary/aromatic N) is 1. The molecule has 0 radical (unpaired) electrons. The van der Waals surface area contributed by atoms with Gasteiger partial charge in [-0.1, -0.05) is 18.2 Å². The first kappa shape index (κ1) is 18.7. The van der Waals surface area contributed by atoms with Crippen molar-refractivity contribution >= 4 is 11.9 Å². The predicted molar refractivity (Wildman–Crippen MR) is 85.9 cm³/mol. The number of imide groups is 1. The lowest BCUT2D eigenvalue weighted by Gasteiger charge is -2.23. The van der Waals surface area contributed by atoms with Crippen LogP contribution in [0.3, 0.4) is 0 Å². The van der Waals surface area contributed by atoms with Gasteiger partial charge in [0.1, 0.15) is 22.9 Å². The summed E-state index contributed by atoms with van der Waals surface area (Å²) in [4.78, 5) is 25.8. The second-order valence-corrected chi connectivity index (χ2v) is 6.06. The summed E-state index contributed by atoms with van der Waals surface area (Å²) in [7, 11) is 0. The molecule has 1 fully saturated rings. The van der Waals surface area contributed by atoms with Gasteiger partial charge in [-0.25, -0.2) is 13.6 Å². The number of rotatable bonds is 5. The number of alkyl halides is 2. The molecule has 3 amide bonds. The Kier molecular flexibility index (Phi) is 4.77. The predicted octanol–water partition coefficient (Wildman–Crippen LogP) is 3.53. The number of benzene rings is 2. The molecule has 1 atom stereocenters. The lowest BCUT2D eigenvalue weighted by molar-refractivity contribution is -0.131. The van der Waals surface area contributed by atoms with Crippen molar-refractivity contribution in [1.29, 1.82) is 0 Å². The second-order valence-electron chi connectivity index (χ2n) is 6.06. The van der Waals surface area contributed by atoms with E-state index in [1.54, 1.807) is 0 Å². The number of para-hydroxylation sites is 1. The zero-order valence-corrected chi connectivity index (χ0v) is 14.0. The Balaban J connectivity index is 1.93. The quantitative estimate of drug-likeness (QED) is 0.636. The first-order valence-corrected chi connectivity index (χ1v) is 7.84. The van der Waals surface area contributed by atoms with Gasteiger partial charge in [0.2, 0.25) is 0 Å². The molecular weight excluding hydrogens is 368 g/mol. The lowest BCUT2D eigenvalue weighted by atomic mass is 9.91. The number of hydrogen-bond acceptors (Lipinski definition) is 3. The highest BCUT2D eigenvalue weighted by atomic mass is 19.3. The number of ether oxygens (including phenoxy) is 1. The fourth-order valence-electron chi connectivity index (χ4n) is 2.92. The maximum Gasteiger partial charge on any atom is 0.387 e. The molecule has 0 aromatic heterocycles. The van der Waals surface area contributed by atoms with Crippen LogP contribution in [0.1, 0.15) is 18.1 Å². The van der Waals surface area contributed by atoms with E-state index in [2.05, 4.69) is 10.1 Å². The molecule has 9 heteroatoms. The van der Waals surface area contributed by atoms with Crippen LogP contribution in [0.2, 0.25) is 0 Å². The Bertz CT molecular complexity index is 906. The van der Waals surface area contributed by atoms with E-state index in [4.69, 9.17) is 0 Å². The van der Waals surface area contributed by atoms with E-state index in [0.29, 0.717) is 0 Å². The molecule has 1 heterocycles. The lowest BCUT2D eigenvalue weighted by Crippen LogP contribution is -2.41. The topological polar surface area (TPSA) is 58.6 Å². The van der Waals surface area contributed by atoms with Gasteiger partial charge in [-0.15, -0.1) is 0 Å². The van der Waals surface area contributed by atoms with Crippen molar-refractivity contribution in [2.24, 2.45) is 0 Å². The van der Waals surface area contributed by atoms with Crippen LogP contribution in [0.5, 0.6) is 5.75 Å². The third kappa shape index (κ3) is 3.44. The number of carbonyl (C=O) groups is 2. The summed E-state index contributed by atoms with van der Waals surface area (Å²) in [5, 5.41) is 2.34. The van der Waals surface area contributed by atoms with Crippen molar-refractivity contribution in [2.75, 3.05) is 0 Å². The van der Waals surface area contributed by atoms with Crippen molar-refractivity contribution < 1.29 is 31.9 Å². The molecule has 0 bridgehead atoms. The van der Waals surface area contributed by atoms with Gasteiger partial charge in [-0.3, -0.25) is 9.69 Å². The van der Waals surface area contributed by atoms with Crippen molar-refractivity contribution in [1.82, 2.24) is 10.2 Å². The maximum atomic E-state index is 14.1. The fraction of sp³-hybridized carbons (Fsp3) is 0.222. The Morgan fingerprint density at radius 2 is 1.85 bits per heavy atom. The van der Waals surface area contributed by atoms with E-state index in [9.17, 15) is 27.2 Å². The minimum Gasteiger partial charge on any atom is -0.434 e. The summed E-state index contributed by atoms with van der Waals surface area (Å²) in [5.41, 5.74) is -2.01. The van der Waals surface area contributed by atoms with Crippen molar-refractivity contribution in [2.45, 2.75) is 25.6 Å². The van der Waals surface area contributed by atoms with Gasteiger partial charge >= 0.3 is 12.6 Å². The summed E-state index contributed by atoms with van der Waals surface area (Å²) in [5.74, 6) is -2.68. The van der Waals surface area contributed by atoms with Crippen LogP contribution < -0.4 is 10.1 Å². The average molecular weight is 382 g/mol. The monoisotopic (exact) mass is 382 g/mol. The SMILES string of the molecule is CC1(c2cc(F)ccc2F)NC(=O)N(Cc2ccccc2OC(F)F)C1=O. The molecule has 2 aromatic carbocycles. The smallest absolute Gasteiger partial charge is 0.387 e. The van der Waals surface area contributed by atoms with E-state index < -0.39 is 35.7 Å². The molecule has 1 aliphatic heterocycles. The normalized spacial score (nSPS) is 19.6. The summed E-state index contributed by atoms with van der Waals surface area (Å²) >= 11 is 0. The van der Waals surface area contributed by atoms with E-state index in [1.165, 1.54) is 31.2 Å². The number of amides is 3. The third-order valence-electron chi connectivity index (χ3n) is 4.26. The first-order valence-electron chi connectivity index (χ1n) is 7.84. The Labute approximate surface area is 151 Å². The van der Waals surface area contributed by atoms with Crippen molar-refractivity contribution in [3.8, 4) is 5.75 Å². The summed E-state index contributed by atoms with van der Waals surface area (Å²) in [6.45, 7) is -2.21. The van der Waals surface area contributed by atoms with Gasteiger partial charge in [0.15, 0.2) is 0 Å². The van der Waals surface area contributed by atoms with Crippen LogP contribution in [-0.4, -0.2) is 23.4 Å². The van der Waals surface area contributed by atoms with Crippen LogP contribution in [0.4, 0.5) is 22.4 Å². The van der Waals surface area contributed by atoms with E-state index in [0.717, 1.165) is 23.1 Å². The highest BCUT2D eigenvalue weighted by Crippen LogP contribution is 2.33. The van der Waals surface area contributed by atoms with Crippen LogP contribution >= 0.6 is 0 Å². The highest BCUT2D eigenvalue weighted by Gasteiger charge is 2.50. The van der Waals surface area contributed by atoms with E-state index >= 15 is 0 Å². The van der Waals surface area contributed by atoms with Crippen LogP contribution in [-0.2, 0) is 16.9 Å². The molecule has 0 spiro atoms. The summed E-state index contributed by atoms with van der Waals surface area (Å²) in [6.07, 6.45) is 0. The van der Waals surface area contributed by atoms with Gasteiger partial charge < -0.3 is 10.1 Å². The molecule has 1 aliphatic rings. The highest BCUT2D eigenvalue weighted by molar-refractivity contribution is 6.07. The molecule has 1 N–H and O–H groups in total. The molecule has 27 heavy (non-hydrogen) atoms. The molecule has 5 nitrogen and oxygen atoms in total. The number of hydrogen-bond donors (Lipinski definition) is 1. The average Bonchev–Trinajstić information content (AvgIpc) is 2.82. The zero-order chi connectivity index (χ0) is 19.8. The van der Waals surface area contributed by atoms with Gasteiger partial charge in [0.25, 0.3) is 5.91 Å². The Morgan fingerprint density at radius 3 is 2.56 bits per heavy atom. The standard InChI is InChI=1S/C18H14F4N2O3/c1-18(12-8-11(19)6-7-13(12)20)15(25)24(17(26)23-18)9-10-4-2-3-5-14(10)27-16(21)22/h2-8,16H,9H2,1H3,(H,23,26).